The molecule has 158 valence electrons. The molecule has 0 radical (unpaired) electrons. The first-order valence-corrected chi connectivity index (χ1v) is 10.2. The van der Waals surface area contributed by atoms with E-state index < -0.39 is 18.1 Å². The zero-order valence-corrected chi connectivity index (χ0v) is 16.6. The lowest BCUT2D eigenvalue weighted by atomic mass is 9.98. The van der Waals surface area contributed by atoms with E-state index in [0.29, 0.717) is 13.2 Å². The molecule has 1 aliphatic heterocycles. The SMILES string of the molecule is O=C(NC(CCOC1CCOC1)C(=O)O)OCC1c2ccccc2-c2ccccc21. The molecule has 2 aromatic rings. The van der Waals surface area contributed by atoms with Gasteiger partial charge in [-0.3, -0.25) is 0 Å². The van der Waals surface area contributed by atoms with E-state index in [1.165, 1.54) is 0 Å². The van der Waals surface area contributed by atoms with Crippen molar-refractivity contribution in [3.05, 3.63) is 59.7 Å². The Balaban J connectivity index is 1.33. The Kier molecular flexibility index (Phi) is 6.30. The van der Waals surface area contributed by atoms with Crippen LogP contribution in [-0.4, -0.2) is 55.7 Å². The summed E-state index contributed by atoms with van der Waals surface area (Å²) in [5, 5.41) is 11.8. The number of hydrogen-bond donors (Lipinski definition) is 2. The van der Waals surface area contributed by atoms with Crippen molar-refractivity contribution in [1.29, 1.82) is 0 Å². The molecule has 30 heavy (non-hydrogen) atoms. The van der Waals surface area contributed by atoms with Crippen LogP contribution in [0.15, 0.2) is 48.5 Å². The number of amides is 1. The molecular formula is C23H25NO6. The summed E-state index contributed by atoms with van der Waals surface area (Å²) in [6.07, 6.45) is 0.218. The monoisotopic (exact) mass is 411 g/mol. The van der Waals surface area contributed by atoms with Crippen LogP contribution < -0.4 is 5.32 Å². The van der Waals surface area contributed by atoms with Gasteiger partial charge in [-0.25, -0.2) is 9.59 Å². The summed E-state index contributed by atoms with van der Waals surface area (Å²) >= 11 is 0. The zero-order valence-electron chi connectivity index (χ0n) is 16.6. The van der Waals surface area contributed by atoms with Gasteiger partial charge in [0.2, 0.25) is 0 Å². The van der Waals surface area contributed by atoms with Crippen molar-refractivity contribution < 1.29 is 28.9 Å². The van der Waals surface area contributed by atoms with E-state index in [1.54, 1.807) is 0 Å². The summed E-state index contributed by atoms with van der Waals surface area (Å²) in [6.45, 7) is 1.55. The molecule has 4 rings (SSSR count). The smallest absolute Gasteiger partial charge is 0.407 e. The number of aliphatic carboxylic acids is 1. The molecule has 2 aromatic carbocycles. The van der Waals surface area contributed by atoms with Crippen molar-refractivity contribution in [3.8, 4) is 11.1 Å². The summed E-state index contributed by atoms with van der Waals surface area (Å²) in [7, 11) is 0. The molecule has 2 aliphatic rings. The lowest BCUT2D eigenvalue weighted by Crippen LogP contribution is -2.42. The van der Waals surface area contributed by atoms with Gasteiger partial charge in [-0.2, -0.15) is 0 Å². The van der Waals surface area contributed by atoms with Crippen LogP contribution in [0.25, 0.3) is 11.1 Å². The van der Waals surface area contributed by atoms with Crippen LogP contribution in [0, 0.1) is 0 Å². The van der Waals surface area contributed by atoms with Crippen LogP contribution in [0.5, 0.6) is 0 Å². The molecule has 2 N–H and O–H groups in total. The molecule has 7 heteroatoms. The van der Waals surface area contributed by atoms with E-state index in [2.05, 4.69) is 17.4 Å². The van der Waals surface area contributed by atoms with Crippen molar-refractivity contribution in [1.82, 2.24) is 5.32 Å². The second-order valence-corrected chi connectivity index (χ2v) is 7.51. The predicted molar refractivity (Wildman–Crippen MR) is 109 cm³/mol. The number of carboxylic acids is 1. The van der Waals surface area contributed by atoms with Crippen LogP contribution in [0.2, 0.25) is 0 Å². The molecule has 1 aliphatic carbocycles. The van der Waals surface area contributed by atoms with Gasteiger partial charge < -0.3 is 24.6 Å². The van der Waals surface area contributed by atoms with E-state index in [-0.39, 0.29) is 31.7 Å². The standard InChI is InChI=1S/C23H25NO6/c25-22(26)21(10-12-29-15-9-11-28-13-15)24-23(27)30-14-20-18-7-3-1-5-16(18)17-6-2-4-8-19(17)20/h1-8,15,20-21H,9-14H2,(H,24,27)(H,25,26). The van der Waals surface area contributed by atoms with Gasteiger partial charge in [-0.15, -0.1) is 0 Å². The van der Waals surface area contributed by atoms with Crippen molar-refractivity contribution >= 4 is 12.1 Å². The minimum absolute atomic E-state index is 0.00565. The van der Waals surface area contributed by atoms with Gasteiger partial charge >= 0.3 is 12.1 Å². The van der Waals surface area contributed by atoms with Gasteiger partial charge in [0, 0.05) is 25.6 Å². The Bertz CT molecular complexity index is 863. The molecule has 0 aromatic heterocycles. The van der Waals surface area contributed by atoms with Gasteiger partial charge in [0.05, 0.1) is 12.7 Å². The number of alkyl carbamates (subject to hydrolysis) is 1. The molecule has 7 nitrogen and oxygen atoms in total. The molecule has 2 atom stereocenters. The normalized spacial score (nSPS) is 18.5. The van der Waals surface area contributed by atoms with Gasteiger partial charge in [0.25, 0.3) is 0 Å². The Morgan fingerprint density at radius 1 is 1.10 bits per heavy atom. The minimum atomic E-state index is -1.12. The van der Waals surface area contributed by atoms with Crippen molar-refractivity contribution in [2.75, 3.05) is 26.4 Å². The fourth-order valence-electron chi connectivity index (χ4n) is 4.04. The van der Waals surface area contributed by atoms with Crippen molar-refractivity contribution in [2.45, 2.75) is 30.9 Å². The quantitative estimate of drug-likeness (QED) is 0.693. The molecule has 1 fully saturated rings. The largest absolute Gasteiger partial charge is 0.480 e. The van der Waals surface area contributed by atoms with Crippen LogP contribution >= 0.6 is 0 Å². The Labute approximate surface area is 174 Å². The predicted octanol–water partition coefficient (Wildman–Crippen LogP) is 3.17. The molecular weight excluding hydrogens is 386 g/mol. The maximum absolute atomic E-state index is 12.3. The number of hydrogen-bond acceptors (Lipinski definition) is 5. The van der Waals surface area contributed by atoms with E-state index in [4.69, 9.17) is 14.2 Å². The first-order chi connectivity index (χ1) is 14.6. The summed E-state index contributed by atoms with van der Waals surface area (Å²) < 4.78 is 16.3. The van der Waals surface area contributed by atoms with Gasteiger partial charge in [-0.05, 0) is 28.7 Å². The third-order valence-corrected chi connectivity index (χ3v) is 5.58. The molecule has 2 unspecified atom stereocenters. The van der Waals surface area contributed by atoms with Crippen LogP contribution in [0.3, 0.4) is 0 Å². The first-order valence-electron chi connectivity index (χ1n) is 10.2. The maximum atomic E-state index is 12.3. The Morgan fingerprint density at radius 2 is 1.77 bits per heavy atom. The Hall–Kier alpha value is -2.90. The molecule has 1 heterocycles. The highest BCUT2D eigenvalue weighted by molar-refractivity contribution is 5.81. The average molecular weight is 411 g/mol. The van der Waals surface area contributed by atoms with Crippen molar-refractivity contribution in [2.24, 2.45) is 0 Å². The second kappa shape index (κ2) is 9.28. The highest BCUT2D eigenvalue weighted by atomic mass is 16.6. The minimum Gasteiger partial charge on any atom is -0.480 e. The average Bonchev–Trinajstić information content (AvgIpc) is 3.38. The lowest BCUT2D eigenvalue weighted by molar-refractivity contribution is -0.140. The van der Waals surface area contributed by atoms with Crippen LogP contribution in [0.4, 0.5) is 4.79 Å². The molecule has 1 amide bonds. The van der Waals surface area contributed by atoms with Gasteiger partial charge in [0.15, 0.2) is 0 Å². The van der Waals surface area contributed by atoms with E-state index in [0.717, 1.165) is 28.7 Å². The molecule has 0 spiro atoms. The third-order valence-electron chi connectivity index (χ3n) is 5.58. The number of ether oxygens (including phenoxy) is 3. The van der Waals surface area contributed by atoms with Crippen molar-refractivity contribution in [3.63, 3.8) is 0 Å². The fourth-order valence-corrected chi connectivity index (χ4v) is 4.04. The number of carbonyl (C=O) groups excluding carboxylic acids is 1. The number of carboxylic acid groups (broad SMARTS) is 1. The molecule has 0 bridgehead atoms. The zero-order chi connectivity index (χ0) is 20.9. The van der Waals surface area contributed by atoms with Gasteiger partial charge in [0.1, 0.15) is 12.6 Å². The lowest BCUT2D eigenvalue weighted by Gasteiger charge is -2.18. The highest BCUT2D eigenvalue weighted by Crippen LogP contribution is 2.44. The van der Waals surface area contributed by atoms with E-state index >= 15 is 0 Å². The van der Waals surface area contributed by atoms with Crippen LogP contribution in [-0.2, 0) is 19.0 Å². The van der Waals surface area contributed by atoms with Crippen LogP contribution in [0.1, 0.15) is 29.9 Å². The third kappa shape index (κ3) is 4.47. The van der Waals surface area contributed by atoms with E-state index in [9.17, 15) is 14.7 Å². The summed E-state index contributed by atoms with van der Waals surface area (Å²) in [5.41, 5.74) is 4.49. The number of fused-ring (bicyclic) bond motifs is 3. The number of benzene rings is 2. The fraction of sp³-hybridized carbons (Fsp3) is 0.391. The summed E-state index contributed by atoms with van der Waals surface area (Å²) in [6, 6.07) is 15.0. The summed E-state index contributed by atoms with van der Waals surface area (Å²) in [4.78, 5) is 23.8. The highest BCUT2D eigenvalue weighted by Gasteiger charge is 2.29. The summed E-state index contributed by atoms with van der Waals surface area (Å²) in [5.74, 6) is -1.19. The topological polar surface area (TPSA) is 94.1 Å². The number of carbonyl (C=O) groups is 2. The molecule has 0 saturated carbocycles. The van der Waals surface area contributed by atoms with E-state index in [1.807, 2.05) is 36.4 Å². The maximum Gasteiger partial charge on any atom is 0.407 e. The van der Waals surface area contributed by atoms with Gasteiger partial charge in [-0.1, -0.05) is 48.5 Å². The number of rotatable bonds is 8. The Morgan fingerprint density at radius 3 is 2.37 bits per heavy atom. The number of nitrogens with one attached hydrogen (secondary N) is 1. The first kappa shape index (κ1) is 20.4. The second-order valence-electron chi connectivity index (χ2n) is 7.51. The molecule has 1 saturated heterocycles.